The molecule has 0 aliphatic heterocycles. The number of aromatic amines is 1. The molecule has 0 spiro atoms. The van der Waals surface area contributed by atoms with Crippen LogP contribution >= 0.6 is 0 Å². The number of nitrogens with two attached hydrogens (primary N) is 1. The van der Waals surface area contributed by atoms with E-state index in [9.17, 15) is 5.11 Å². The van der Waals surface area contributed by atoms with E-state index < -0.39 is 0 Å². The molecule has 5 heteroatoms. The van der Waals surface area contributed by atoms with Crippen molar-refractivity contribution < 1.29 is 14.6 Å². The molecule has 0 bridgehead atoms. The SMILES string of the molecule is COc1ccc2[nH]cc(C(CN)Cc3ccc(O)c(OC)c3)c2c1. The number of phenols is 1. The zero-order chi connectivity index (χ0) is 17.1. The second-order valence-electron chi connectivity index (χ2n) is 5.80. The van der Waals surface area contributed by atoms with Gasteiger partial charge in [-0.1, -0.05) is 6.07 Å². The Morgan fingerprint density at radius 1 is 1.12 bits per heavy atom. The fourth-order valence-electron chi connectivity index (χ4n) is 3.04. The van der Waals surface area contributed by atoms with Crippen molar-refractivity contribution in [2.45, 2.75) is 12.3 Å². The van der Waals surface area contributed by atoms with E-state index in [1.54, 1.807) is 20.3 Å². The molecule has 3 aromatic rings. The number of ether oxygens (including phenoxy) is 2. The summed E-state index contributed by atoms with van der Waals surface area (Å²) in [5, 5.41) is 10.9. The molecule has 1 unspecified atom stereocenters. The summed E-state index contributed by atoms with van der Waals surface area (Å²) in [5.74, 6) is 1.59. The number of fused-ring (bicyclic) bond motifs is 1. The highest BCUT2D eigenvalue weighted by molar-refractivity contribution is 5.85. The van der Waals surface area contributed by atoms with E-state index in [2.05, 4.69) is 4.98 Å². The zero-order valence-corrected chi connectivity index (χ0v) is 13.9. The summed E-state index contributed by atoms with van der Waals surface area (Å²) in [5.41, 5.74) is 9.34. The molecule has 0 saturated heterocycles. The quantitative estimate of drug-likeness (QED) is 0.650. The Balaban J connectivity index is 1.94. The lowest BCUT2D eigenvalue weighted by Gasteiger charge is -2.15. The van der Waals surface area contributed by atoms with Crippen molar-refractivity contribution in [3.8, 4) is 17.2 Å². The Morgan fingerprint density at radius 3 is 2.67 bits per heavy atom. The lowest BCUT2D eigenvalue weighted by molar-refractivity contribution is 0.373. The Kier molecular flexibility index (Phi) is 4.62. The van der Waals surface area contributed by atoms with Crippen LogP contribution in [0.1, 0.15) is 17.0 Å². The molecule has 0 amide bonds. The third-order valence-corrected chi connectivity index (χ3v) is 4.37. The van der Waals surface area contributed by atoms with E-state index in [0.717, 1.165) is 28.6 Å². The first kappa shape index (κ1) is 16.2. The molecule has 0 saturated carbocycles. The first-order chi connectivity index (χ1) is 11.7. The largest absolute Gasteiger partial charge is 0.504 e. The number of hydrogen-bond acceptors (Lipinski definition) is 4. The molecule has 24 heavy (non-hydrogen) atoms. The summed E-state index contributed by atoms with van der Waals surface area (Å²) in [4.78, 5) is 3.30. The molecule has 0 radical (unpaired) electrons. The van der Waals surface area contributed by atoms with Crippen LogP contribution in [-0.2, 0) is 6.42 Å². The maximum Gasteiger partial charge on any atom is 0.160 e. The van der Waals surface area contributed by atoms with Gasteiger partial charge < -0.3 is 25.3 Å². The molecule has 1 aromatic heterocycles. The summed E-state index contributed by atoms with van der Waals surface area (Å²) in [6.07, 6.45) is 2.77. The minimum Gasteiger partial charge on any atom is -0.504 e. The van der Waals surface area contributed by atoms with Gasteiger partial charge in [0.2, 0.25) is 0 Å². The third-order valence-electron chi connectivity index (χ3n) is 4.37. The van der Waals surface area contributed by atoms with E-state index >= 15 is 0 Å². The van der Waals surface area contributed by atoms with Gasteiger partial charge in [-0.2, -0.15) is 0 Å². The highest BCUT2D eigenvalue weighted by atomic mass is 16.5. The van der Waals surface area contributed by atoms with Crippen LogP contribution < -0.4 is 15.2 Å². The van der Waals surface area contributed by atoms with Gasteiger partial charge in [0.15, 0.2) is 11.5 Å². The normalized spacial score (nSPS) is 12.3. The van der Waals surface area contributed by atoms with Crippen LogP contribution in [0.25, 0.3) is 10.9 Å². The first-order valence-electron chi connectivity index (χ1n) is 7.87. The lowest BCUT2D eigenvalue weighted by atomic mass is 9.91. The molecule has 1 heterocycles. The molecule has 0 aliphatic rings. The minimum absolute atomic E-state index is 0.141. The number of rotatable bonds is 6. The molecule has 0 fully saturated rings. The Labute approximate surface area is 141 Å². The van der Waals surface area contributed by atoms with Crippen LogP contribution in [0.15, 0.2) is 42.6 Å². The number of phenolic OH excluding ortho intramolecular Hbond substituents is 1. The van der Waals surface area contributed by atoms with Crippen LogP contribution in [0, 0.1) is 0 Å². The smallest absolute Gasteiger partial charge is 0.160 e. The van der Waals surface area contributed by atoms with E-state index in [4.69, 9.17) is 15.2 Å². The second-order valence-corrected chi connectivity index (χ2v) is 5.80. The van der Waals surface area contributed by atoms with E-state index in [0.29, 0.717) is 12.3 Å². The van der Waals surface area contributed by atoms with Crippen LogP contribution in [0.5, 0.6) is 17.2 Å². The predicted molar refractivity (Wildman–Crippen MR) is 95.0 cm³/mol. The Morgan fingerprint density at radius 2 is 1.96 bits per heavy atom. The van der Waals surface area contributed by atoms with Crippen molar-refractivity contribution in [1.29, 1.82) is 0 Å². The van der Waals surface area contributed by atoms with Crippen molar-refractivity contribution in [3.63, 3.8) is 0 Å². The van der Waals surface area contributed by atoms with E-state index in [-0.39, 0.29) is 11.7 Å². The monoisotopic (exact) mass is 326 g/mol. The molecule has 4 N–H and O–H groups in total. The van der Waals surface area contributed by atoms with Gasteiger partial charge in [-0.3, -0.25) is 0 Å². The van der Waals surface area contributed by atoms with Crippen molar-refractivity contribution in [3.05, 3.63) is 53.7 Å². The van der Waals surface area contributed by atoms with Gasteiger partial charge in [0.1, 0.15) is 5.75 Å². The molecular formula is C19H22N2O3. The summed E-state index contributed by atoms with van der Waals surface area (Å²) in [6, 6.07) is 11.4. The molecule has 2 aromatic carbocycles. The molecule has 1 atom stereocenters. The van der Waals surface area contributed by atoms with Crippen molar-refractivity contribution in [2.24, 2.45) is 5.73 Å². The summed E-state index contributed by atoms with van der Waals surface area (Å²) in [7, 11) is 3.21. The Bertz CT molecular complexity index is 842. The lowest BCUT2D eigenvalue weighted by Crippen LogP contribution is -2.14. The third kappa shape index (κ3) is 3.03. The van der Waals surface area contributed by atoms with Crippen LogP contribution in [0.2, 0.25) is 0 Å². The van der Waals surface area contributed by atoms with Gasteiger partial charge in [0.25, 0.3) is 0 Å². The molecule has 3 rings (SSSR count). The summed E-state index contributed by atoms with van der Waals surface area (Å²) < 4.78 is 10.5. The number of hydrogen-bond donors (Lipinski definition) is 3. The van der Waals surface area contributed by atoms with Gasteiger partial charge >= 0.3 is 0 Å². The molecule has 0 aliphatic carbocycles. The average Bonchev–Trinajstić information content (AvgIpc) is 3.03. The van der Waals surface area contributed by atoms with Crippen LogP contribution in [-0.4, -0.2) is 30.9 Å². The average molecular weight is 326 g/mol. The van der Waals surface area contributed by atoms with Crippen molar-refractivity contribution >= 4 is 10.9 Å². The maximum absolute atomic E-state index is 9.74. The highest BCUT2D eigenvalue weighted by Gasteiger charge is 2.17. The van der Waals surface area contributed by atoms with Crippen molar-refractivity contribution in [1.82, 2.24) is 4.98 Å². The standard InChI is InChI=1S/C19H22N2O3/c1-23-14-4-5-17-15(9-14)16(11-21-17)13(10-20)7-12-3-6-18(22)19(8-12)24-2/h3-6,8-9,11,13,21-22H,7,10,20H2,1-2H3. The second kappa shape index (κ2) is 6.84. The summed E-state index contributed by atoms with van der Waals surface area (Å²) in [6.45, 7) is 0.521. The van der Waals surface area contributed by atoms with E-state index in [1.165, 1.54) is 5.56 Å². The van der Waals surface area contributed by atoms with Gasteiger partial charge in [0.05, 0.1) is 14.2 Å². The zero-order valence-electron chi connectivity index (χ0n) is 13.9. The Hall–Kier alpha value is -2.66. The van der Waals surface area contributed by atoms with Crippen LogP contribution in [0.4, 0.5) is 0 Å². The number of benzene rings is 2. The number of aromatic nitrogens is 1. The molecule has 5 nitrogen and oxygen atoms in total. The van der Waals surface area contributed by atoms with Gasteiger partial charge in [-0.05, 0) is 54.4 Å². The van der Waals surface area contributed by atoms with Gasteiger partial charge in [0, 0.05) is 23.0 Å². The fraction of sp³-hybridized carbons (Fsp3) is 0.263. The molecule has 126 valence electrons. The van der Waals surface area contributed by atoms with E-state index in [1.807, 2.05) is 36.5 Å². The predicted octanol–water partition coefficient (Wildman–Crippen LogP) is 3.18. The number of aromatic hydroxyl groups is 1. The number of methoxy groups -OCH3 is 2. The maximum atomic E-state index is 9.74. The van der Waals surface area contributed by atoms with Crippen molar-refractivity contribution in [2.75, 3.05) is 20.8 Å². The fourth-order valence-corrected chi connectivity index (χ4v) is 3.04. The van der Waals surface area contributed by atoms with Gasteiger partial charge in [-0.15, -0.1) is 0 Å². The highest BCUT2D eigenvalue weighted by Crippen LogP contribution is 2.32. The topological polar surface area (TPSA) is 80.5 Å². The number of H-pyrrole nitrogens is 1. The number of nitrogens with one attached hydrogen (secondary N) is 1. The van der Waals surface area contributed by atoms with Crippen LogP contribution in [0.3, 0.4) is 0 Å². The summed E-state index contributed by atoms with van der Waals surface area (Å²) >= 11 is 0. The minimum atomic E-state index is 0.141. The van der Waals surface area contributed by atoms with Gasteiger partial charge in [-0.25, -0.2) is 0 Å². The molecular weight excluding hydrogens is 304 g/mol. The first-order valence-corrected chi connectivity index (χ1v) is 7.87.